The number of aromatic nitrogens is 1. The van der Waals surface area contributed by atoms with Gasteiger partial charge in [-0.25, -0.2) is 4.79 Å². The molecule has 0 radical (unpaired) electrons. The SMILES string of the molecule is COC(=O)c1ccc(C)c(-n2c(C)cc(/C=C3/SC(=O)N(Cc4cccc5ccccc45)C3=O)c2C)c1. The zero-order valence-corrected chi connectivity index (χ0v) is 21.9. The molecule has 186 valence electrons. The average molecular weight is 511 g/mol. The minimum absolute atomic E-state index is 0.224. The normalized spacial score (nSPS) is 14.7. The lowest BCUT2D eigenvalue weighted by atomic mass is 10.0. The number of thioether (sulfide) groups is 1. The topological polar surface area (TPSA) is 68.6 Å². The van der Waals surface area contributed by atoms with Crippen LogP contribution in [0.2, 0.25) is 0 Å². The minimum atomic E-state index is -0.399. The number of esters is 1. The summed E-state index contributed by atoms with van der Waals surface area (Å²) in [4.78, 5) is 40.0. The summed E-state index contributed by atoms with van der Waals surface area (Å²) >= 11 is 0.961. The molecule has 0 aliphatic carbocycles. The maximum atomic E-state index is 13.3. The maximum absolute atomic E-state index is 13.3. The lowest BCUT2D eigenvalue weighted by Gasteiger charge is -2.14. The molecule has 2 amide bonds. The molecule has 1 aliphatic rings. The number of carbonyl (C=O) groups excluding carboxylic acids is 3. The van der Waals surface area contributed by atoms with Crippen LogP contribution in [0, 0.1) is 20.8 Å². The fraction of sp³-hybridized carbons (Fsp3) is 0.167. The summed E-state index contributed by atoms with van der Waals surface area (Å²) in [5, 5.41) is 1.82. The second-order valence-electron chi connectivity index (χ2n) is 9.06. The third-order valence-electron chi connectivity index (χ3n) is 6.71. The van der Waals surface area contributed by atoms with E-state index in [1.54, 1.807) is 12.1 Å². The number of rotatable bonds is 5. The molecule has 37 heavy (non-hydrogen) atoms. The summed E-state index contributed by atoms with van der Waals surface area (Å²) in [6.07, 6.45) is 1.78. The molecule has 1 aromatic heterocycles. The predicted molar refractivity (Wildman–Crippen MR) is 147 cm³/mol. The van der Waals surface area contributed by atoms with Crippen LogP contribution in [0.1, 0.15) is 38.4 Å². The van der Waals surface area contributed by atoms with Crippen LogP contribution in [0.3, 0.4) is 0 Å². The largest absolute Gasteiger partial charge is 0.465 e. The van der Waals surface area contributed by atoms with Crippen molar-refractivity contribution >= 4 is 45.7 Å². The van der Waals surface area contributed by atoms with Crippen LogP contribution >= 0.6 is 11.8 Å². The molecule has 6 nitrogen and oxygen atoms in total. The Morgan fingerprint density at radius 1 is 0.973 bits per heavy atom. The number of hydrogen-bond acceptors (Lipinski definition) is 5. The van der Waals surface area contributed by atoms with Crippen LogP contribution in [0.25, 0.3) is 22.5 Å². The highest BCUT2D eigenvalue weighted by atomic mass is 32.2. The van der Waals surface area contributed by atoms with Gasteiger partial charge < -0.3 is 9.30 Å². The second kappa shape index (κ2) is 9.75. The quantitative estimate of drug-likeness (QED) is 0.224. The maximum Gasteiger partial charge on any atom is 0.337 e. The van der Waals surface area contributed by atoms with Crippen LogP contribution in [-0.2, 0) is 16.1 Å². The fourth-order valence-corrected chi connectivity index (χ4v) is 5.61. The van der Waals surface area contributed by atoms with Gasteiger partial charge in [0.2, 0.25) is 0 Å². The van der Waals surface area contributed by atoms with Crippen LogP contribution in [-0.4, -0.2) is 33.7 Å². The van der Waals surface area contributed by atoms with Crippen LogP contribution in [0.4, 0.5) is 4.79 Å². The van der Waals surface area contributed by atoms with E-state index in [2.05, 4.69) is 0 Å². The number of aryl methyl sites for hydroxylation is 2. The molecular weight excluding hydrogens is 484 g/mol. The molecule has 0 saturated carbocycles. The van der Waals surface area contributed by atoms with Crippen molar-refractivity contribution < 1.29 is 19.1 Å². The Balaban J connectivity index is 1.47. The van der Waals surface area contributed by atoms with Gasteiger partial charge in [0.15, 0.2) is 0 Å². The van der Waals surface area contributed by atoms with E-state index in [1.807, 2.05) is 86.0 Å². The molecule has 1 fully saturated rings. The Morgan fingerprint density at radius 3 is 2.51 bits per heavy atom. The zero-order valence-electron chi connectivity index (χ0n) is 21.1. The monoisotopic (exact) mass is 510 g/mol. The van der Waals surface area contributed by atoms with E-state index in [0.717, 1.165) is 56.3 Å². The van der Waals surface area contributed by atoms with Gasteiger partial charge in [0.05, 0.1) is 24.1 Å². The number of methoxy groups -OCH3 is 1. The minimum Gasteiger partial charge on any atom is -0.465 e. The summed E-state index contributed by atoms with van der Waals surface area (Å²) in [5.74, 6) is -0.694. The van der Waals surface area contributed by atoms with E-state index in [4.69, 9.17) is 4.74 Å². The Kier molecular flexibility index (Phi) is 6.48. The summed E-state index contributed by atoms with van der Waals surface area (Å²) in [6, 6.07) is 21.3. The van der Waals surface area contributed by atoms with Crippen molar-refractivity contribution in [2.75, 3.05) is 7.11 Å². The summed E-state index contributed by atoms with van der Waals surface area (Å²) in [7, 11) is 1.36. The van der Waals surface area contributed by atoms with E-state index in [1.165, 1.54) is 12.0 Å². The molecule has 7 heteroatoms. The number of imide groups is 1. The standard InChI is InChI=1S/C30H26N2O4S/c1-18-12-13-22(29(34)36-4)15-26(18)32-19(2)14-24(20(32)3)16-27-28(33)31(30(35)37-27)17-23-10-7-9-21-8-5-6-11-25(21)23/h5-16H,17H2,1-4H3/b27-16+. The number of ether oxygens (including phenoxy) is 1. The van der Waals surface area contributed by atoms with Gasteiger partial charge in [-0.05, 0) is 84.3 Å². The van der Waals surface area contributed by atoms with Crippen molar-refractivity contribution in [3.05, 3.63) is 105 Å². The van der Waals surface area contributed by atoms with Crippen molar-refractivity contribution in [3.8, 4) is 5.69 Å². The number of benzene rings is 3. The molecule has 4 aromatic rings. The molecule has 1 saturated heterocycles. The van der Waals surface area contributed by atoms with E-state index in [-0.39, 0.29) is 17.7 Å². The summed E-state index contributed by atoms with van der Waals surface area (Å²) in [5.41, 5.74) is 5.95. The molecular formula is C30H26N2O4S. The summed E-state index contributed by atoms with van der Waals surface area (Å²) in [6.45, 7) is 6.14. The van der Waals surface area contributed by atoms with Crippen molar-refractivity contribution in [2.24, 2.45) is 0 Å². The predicted octanol–water partition coefficient (Wildman–Crippen LogP) is 6.58. The molecule has 2 heterocycles. The van der Waals surface area contributed by atoms with E-state index >= 15 is 0 Å². The molecule has 5 rings (SSSR count). The van der Waals surface area contributed by atoms with Crippen LogP contribution in [0.5, 0.6) is 0 Å². The van der Waals surface area contributed by atoms with Gasteiger partial charge >= 0.3 is 5.97 Å². The first-order valence-corrected chi connectivity index (χ1v) is 12.7. The van der Waals surface area contributed by atoms with E-state index in [9.17, 15) is 14.4 Å². The first-order chi connectivity index (χ1) is 17.8. The van der Waals surface area contributed by atoms with Gasteiger partial charge in [0.25, 0.3) is 11.1 Å². The van der Waals surface area contributed by atoms with Crippen molar-refractivity contribution in [1.82, 2.24) is 9.47 Å². The lowest BCUT2D eigenvalue weighted by Crippen LogP contribution is -2.27. The van der Waals surface area contributed by atoms with Gasteiger partial charge in [0.1, 0.15) is 0 Å². The lowest BCUT2D eigenvalue weighted by molar-refractivity contribution is -0.123. The Hall–Kier alpha value is -4.10. The number of carbonyl (C=O) groups is 3. The van der Waals surface area contributed by atoms with Crippen LogP contribution < -0.4 is 0 Å². The molecule has 0 spiro atoms. The Labute approximate surface area is 219 Å². The van der Waals surface area contributed by atoms with Gasteiger partial charge in [0, 0.05) is 17.1 Å². The van der Waals surface area contributed by atoms with Crippen LogP contribution in [0.15, 0.2) is 71.6 Å². The highest BCUT2D eigenvalue weighted by Gasteiger charge is 2.35. The van der Waals surface area contributed by atoms with Crippen molar-refractivity contribution in [3.63, 3.8) is 0 Å². The highest BCUT2D eigenvalue weighted by molar-refractivity contribution is 8.18. The highest BCUT2D eigenvalue weighted by Crippen LogP contribution is 2.35. The van der Waals surface area contributed by atoms with Gasteiger partial charge in [-0.1, -0.05) is 48.5 Å². The number of fused-ring (bicyclic) bond motifs is 1. The smallest absolute Gasteiger partial charge is 0.337 e. The van der Waals surface area contributed by atoms with Crippen molar-refractivity contribution in [1.29, 1.82) is 0 Å². The summed E-state index contributed by atoms with van der Waals surface area (Å²) < 4.78 is 6.93. The molecule has 0 bridgehead atoms. The van der Waals surface area contributed by atoms with E-state index < -0.39 is 5.97 Å². The van der Waals surface area contributed by atoms with Crippen molar-refractivity contribution in [2.45, 2.75) is 27.3 Å². The number of nitrogens with zero attached hydrogens (tertiary/aromatic N) is 2. The van der Waals surface area contributed by atoms with E-state index in [0.29, 0.717) is 10.5 Å². The molecule has 3 aromatic carbocycles. The molecule has 0 unspecified atom stereocenters. The first-order valence-electron chi connectivity index (χ1n) is 11.9. The Bertz CT molecular complexity index is 1610. The molecule has 0 N–H and O–H groups in total. The number of amides is 2. The third kappa shape index (κ3) is 4.47. The molecule has 0 atom stereocenters. The zero-order chi connectivity index (χ0) is 26.3. The first kappa shape index (κ1) is 24.6. The third-order valence-corrected chi connectivity index (χ3v) is 7.62. The fourth-order valence-electron chi connectivity index (χ4n) is 4.78. The second-order valence-corrected chi connectivity index (χ2v) is 10.1. The van der Waals surface area contributed by atoms with Gasteiger partial charge in [-0.15, -0.1) is 0 Å². The Morgan fingerprint density at radius 2 is 1.73 bits per heavy atom. The molecule has 1 aliphatic heterocycles. The average Bonchev–Trinajstić information content (AvgIpc) is 3.32. The van der Waals surface area contributed by atoms with Gasteiger partial charge in [-0.3, -0.25) is 14.5 Å². The number of hydrogen-bond donors (Lipinski definition) is 0. The van der Waals surface area contributed by atoms with Gasteiger partial charge in [-0.2, -0.15) is 0 Å².